The molecule has 1 unspecified atom stereocenters. The molecule has 4 aliphatic rings. The summed E-state index contributed by atoms with van der Waals surface area (Å²) in [5.74, 6) is 7.76. The number of aliphatic hydroxyl groups is 1. The van der Waals surface area contributed by atoms with Gasteiger partial charge < -0.3 is 10.0 Å². The second-order valence-corrected chi connectivity index (χ2v) is 10.8. The van der Waals surface area contributed by atoms with Crippen LogP contribution in [-0.2, 0) is 4.79 Å². The van der Waals surface area contributed by atoms with Gasteiger partial charge in [-0.3, -0.25) is 4.79 Å². The summed E-state index contributed by atoms with van der Waals surface area (Å²) in [5.41, 5.74) is 5.71. The van der Waals surface area contributed by atoms with E-state index >= 15 is 0 Å². The molecule has 0 aliphatic heterocycles. The Morgan fingerprint density at radius 3 is 2.53 bits per heavy atom. The summed E-state index contributed by atoms with van der Waals surface area (Å²) < 4.78 is 0. The predicted octanol–water partition coefficient (Wildman–Crippen LogP) is 5.41. The Morgan fingerprint density at radius 1 is 1.09 bits per heavy atom. The molecule has 5 atom stereocenters. The molecule has 5 rings (SSSR count). The Morgan fingerprint density at radius 2 is 1.84 bits per heavy atom. The van der Waals surface area contributed by atoms with Gasteiger partial charge in [-0.15, -0.1) is 5.92 Å². The first-order valence-corrected chi connectivity index (χ1v) is 12.2. The maximum Gasteiger partial charge on any atom is 0.156 e. The number of fused-ring (bicyclic) bond motifs is 4. The van der Waals surface area contributed by atoms with Gasteiger partial charge in [0, 0.05) is 37.5 Å². The Kier molecular flexibility index (Phi) is 5.13. The van der Waals surface area contributed by atoms with E-state index in [9.17, 15) is 9.90 Å². The van der Waals surface area contributed by atoms with Gasteiger partial charge in [-0.2, -0.15) is 0 Å². The summed E-state index contributed by atoms with van der Waals surface area (Å²) in [4.78, 5) is 14.3. The first-order chi connectivity index (χ1) is 15.3. The largest absolute Gasteiger partial charge is 0.378 e. The number of anilines is 1. The summed E-state index contributed by atoms with van der Waals surface area (Å²) in [7, 11) is 4.14. The van der Waals surface area contributed by atoms with Crippen LogP contribution in [0.3, 0.4) is 0 Å². The number of hydrogen-bond donors (Lipinski definition) is 1. The van der Waals surface area contributed by atoms with Gasteiger partial charge in [0.2, 0.25) is 0 Å². The topological polar surface area (TPSA) is 40.5 Å². The van der Waals surface area contributed by atoms with Crippen LogP contribution < -0.4 is 4.90 Å². The van der Waals surface area contributed by atoms with E-state index in [-0.39, 0.29) is 17.1 Å². The Hall–Kier alpha value is -2.31. The maximum atomic E-state index is 12.2. The van der Waals surface area contributed by atoms with Crippen LogP contribution in [0.25, 0.3) is 0 Å². The Labute approximate surface area is 192 Å². The van der Waals surface area contributed by atoms with Gasteiger partial charge >= 0.3 is 0 Å². The molecule has 0 radical (unpaired) electrons. The number of carbonyl (C=O) groups is 1. The number of allylic oxidation sites excluding steroid dienone is 4. The Balaban J connectivity index is 1.67. The lowest BCUT2D eigenvalue weighted by Crippen LogP contribution is -2.51. The fourth-order valence-electron chi connectivity index (χ4n) is 7.38. The monoisotopic (exact) mass is 429 g/mol. The van der Waals surface area contributed by atoms with Crippen molar-refractivity contribution in [2.75, 3.05) is 19.0 Å². The minimum absolute atomic E-state index is 0.221. The molecule has 32 heavy (non-hydrogen) atoms. The highest BCUT2D eigenvalue weighted by molar-refractivity contribution is 5.93. The number of rotatable bonds is 2. The van der Waals surface area contributed by atoms with E-state index < -0.39 is 5.60 Å². The van der Waals surface area contributed by atoms with Crippen LogP contribution in [0.4, 0.5) is 5.69 Å². The zero-order valence-corrected chi connectivity index (χ0v) is 19.9. The van der Waals surface area contributed by atoms with Crippen LogP contribution in [0, 0.1) is 29.1 Å². The summed E-state index contributed by atoms with van der Waals surface area (Å²) >= 11 is 0. The molecule has 1 N–H and O–H groups in total. The minimum atomic E-state index is -0.914. The molecule has 0 spiro atoms. The molecule has 0 saturated heterocycles. The molecule has 2 fully saturated rings. The molecular weight excluding hydrogens is 394 g/mol. The average Bonchev–Trinajstić information content (AvgIpc) is 3.03. The standard InChI is InChI=1S/C29H35NO2/c1-5-15-29(32)16-14-26-24-12-8-20-17-22(31)11-13-23(20)27(24)25(18-28(26,29)2)19-6-9-21(10-7-19)30(3)4/h6-7,9-10,17,24-26,32H,8,11-14,16,18H2,1-4H3/t24?,25-,26+,28+,29+/m1/s1. The first kappa shape index (κ1) is 21.5. The molecule has 0 heterocycles. The third-order valence-electron chi connectivity index (χ3n) is 9.03. The molecule has 1 aromatic carbocycles. The fraction of sp³-hybridized carbons (Fsp3) is 0.552. The van der Waals surface area contributed by atoms with E-state index in [1.165, 1.54) is 22.4 Å². The van der Waals surface area contributed by atoms with Crippen molar-refractivity contribution in [2.24, 2.45) is 17.3 Å². The highest BCUT2D eigenvalue weighted by Gasteiger charge is 2.62. The van der Waals surface area contributed by atoms with E-state index in [0.29, 0.717) is 18.3 Å². The van der Waals surface area contributed by atoms with Gasteiger partial charge in [0.15, 0.2) is 5.78 Å². The van der Waals surface area contributed by atoms with Gasteiger partial charge in [-0.25, -0.2) is 0 Å². The molecule has 3 heteroatoms. The molecule has 0 amide bonds. The number of hydrogen-bond acceptors (Lipinski definition) is 3. The molecule has 2 saturated carbocycles. The second-order valence-electron chi connectivity index (χ2n) is 10.8. The van der Waals surface area contributed by atoms with E-state index in [1.54, 1.807) is 5.57 Å². The SMILES string of the molecule is CC#C[C@]1(O)CC[C@H]2C3CCC4=CC(=O)CCC4=C3[C@@H](c3ccc(N(C)C)cc3)C[C@@]21C. The summed E-state index contributed by atoms with van der Waals surface area (Å²) in [6.45, 7) is 4.15. The van der Waals surface area contributed by atoms with E-state index in [0.717, 1.165) is 38.5 Å². The molecule has 168 valence electrons. The number of carbonyl (C=O) groups excluding carboxylic acids is 1. The van der Waals surface area contributed by atoms with Gasteiger partial charge in [-0.05, 0) is 92.2 Å². The molecule has 0 aromatic heterocycles. The molecule has 0 bridgehead atoms. The molecule has 1 aromatic rings. The molecule has 4 aliphatic carbocycles. The normalized spacial score (nSPS) is 35.8. The van der Waals surface area contributed by atoms with Gasteiger partial charge in [0.1, 0.15) is 5.60 Å². The third-order valence-corrected chi connectivity index (χ3v) is 9.03. The van der Waals surface area contributed by atoms with Gasteiger partial charge in [-0.1, -0.05) is 30.6 Å². The number of benzene rings is 1. The maximum absolute atomic E-state index is 12.2. The zero-order valence-electron chi connectivity index (χ0n) is 19.9. The first-order valence-electron chi connectivity index (χ1n) is 12.2. The van der Waals surface area contributed by atoms with Crippen molar-refractivity contribution in [1.82, 2.24) is 0 Å². The lowest BCUT2D eigenvalue weighted by Gasteiger charge is -2.53. The summed E-state index contributed by atoms with van der Waals surface area (Å²) in [5, 5.41) is 11.7. The van der Waals surface area contributed by atoms with Crippen molar-refractivity contribution in [2.45, 2.75) is 70.3 Å². The van der Waals surface area contributed by atoms with E-state index in [4.69, 9.17) is 0 Å². The van der Waals surface area contributed by atoms with Crippen LogP contribution in [0.5, 0.6) is 0 Å². The van der Waals surface area contributed by atoms with Crippen LogP contribution in [0.15, 0.2) is 47.1 Å². The summed E-state index contributed by atoms with van der Waals surface area (Å²) in [6.07, 6.45) is 8.23. The smallest absolute Gasteiger partial charge is 0.156 e. The minimum Gasteiger partial charge on any atom is -0.378 e. The summed E-state index contributed by atoms with van der Waals surface area (Å²) in [6, 6.07) is 8.97. The van der Waals surface area contributed by atoms with Crippen LogP contribution in [-0.4, -0.2) is 30.6 Å². The molecule has 3 nitrogen and oxygen atoms in total. The van der Waals surface area contributed by atoms with Crippen molar-refractivity contribution in [3.05, 3.63) is 52.6 Å². The van der Waals surface area contributed by atoms with E-state index in [1.807, 2.05) is 13.0 Å². The van der Waals surface area contributed by atoms with Crippen molar-refractivity contribution in [3.63, 3.8) is 0 Å². The predicted molar refractivity (Wildman–Crippen MR) is 129 cm³/mol. The quantitative estimate of drug-likeness (QED) is 0.640. The fourth-order valence-corrected chi connectivity index (χ4v) is 7.38. The van der Waals surface area contributed by atoms with E-state index in [2.05, 4.69) is 62.0 Å². The van der Waals surface area contributed by atoms with Crippen molar-refractivity contribution in [3.8, 4) is 11.8 Å². The highest BCUT2D eigenvalue weighted by atomic mass is 16.3. The molecular formula is C29H35NO2. The van der Waals surface area contributed by atoms with Crippen molar-refractivity contribution >= 4 is 11.5 Å². The lowest BCUT2D eigenvalue weighted by atomic mass is 9.51. The highest BCUT2D eigenvalue weighted by Crippen LogP contribution is 2.66. The second kappa shape index (κ2) is 7.63. The number of nitrogens with zero attached hydrogens (tertiary/aromatic N) is 1. The van der Waals surface area contributed by atoms with Crippen LogP contribution in [0.2, 0.25) is 0 Å². The van der Waals surface area contributed by atoms with Crippen molar-refractivity contribution < 1.29 is 9.90 Å². The van der Waals surface area contributed by atoms with Crippen LogP contribution in [0.1, 0.15) is 70.3 Å². The van der Waals surface area contributed by atoms with Crippen LogP contribution >= 0.6 is 0 Å². The third kappa shape index (κ3) is 3.11. The van der Waals surface area contributed by atoms with Gasteiger partial charge in [0.25, 0.3) is 0 Å². The Bertz CT molecular complexity index is 1070. The lowest BCUT2D eigenvalue weighted by molar-refractivity contribution is -0.114. The average molecular weight is 430 g/mol. The van der Waals surface area contributed by atoms with Crippen molar-refractivity contribution in [1.29, 1.82) is 0 Å². The van der Waals surface area contributed by atoms with Gasteiger partial charge in [0.05, 0.1) is 0 Å². The number of ketones is 1. The zero-order chi connectivity index (χ0) is 22.7.